The number of hydrogen-bond donors (Lipinski definition) is 6. The van der Waals surface area contributed by atoms with Crippen LogP contribution in [0.5, 0.6) is 5.75 Å². The Morgan fingerprint density at radius 2 is 1.79 bits per heavy atom. The third kappa shape index (κ3) is 11.8. The van der Waals surface area contributed by atoms with E-state index in [1.807, 2.05) is 12.1 Å². The average Bonchev–Trinajstić information content (AvgIpc) is 3.39. The van der Waals surface area contributed by atoms with Crippen molar-refractivity contribution in [1.29, 1.82) is 0 Å². The lowest BCUT2D eigenvalue weighted by Crippen LogP contribution is -2.53. The Balaban J connectivity index is 1.38. The summed E-state index contributed by atoms with van der Waals surface area (Å²) in [6, 6.07) is 4.94. The van der Waals surface area contributed by atoms with Crippen LogP contribution in [-0.2, 0) is 36.8 Å². The first-order valence-corrected chi connectivity index (χ1v) is 20.9. The van der Waals surface area contributed by atoms with Gasteiger partial charge in [-0.25, -0.2) is 4.79 Å². The first-order chi connectivity index (χ1) is 25.5. The minimum Gasteiger partial charge on any atom is -0.482 e. The molecule has 2 amide bonds. The molecule has 0 heterocycles. The van der Waals surface area contributed by atoms with Crippen LogP contribution in [0.15, 0.2) is 18.2 Å². The Kier molecular flexibility index (Phi) is 17.3. The van der Waals surface area contributed by atoms with E-state index in [1.165, 1.54) is 0 Å². The monoisotopic (exact) mass is 759 g/mol. The number of nitrogens with one attached hydrogen (secondary N) is 2. The molecule has 0 aromatic heterocycles. The molecule has 298 valence electrons. The molecular weight excluding hydrogens is 695 g/mol. The summed E-state index contributed by atoms with van der Waals surface area (Å²) < 4.78 is 11.9. The second kappa shape index (κ2) is 21.3. The number of rotatable bonds is 22. The molecule has 6 N–H and O–H groups in total. The second-order valence-electron chi connectivity index (χ2n) is 15.9. The van der Waals surface area contributed by atoms with Crippen molar-refractivity contribution in [2.45, 2.75) is 141 Å². The Morgan fingerprint density at radius 1 is 1.04 bits per heavy atom. The van der Waals surface area contributed by atoms with Crippen molar-refractivity contribution in [3.8, 4) is 5.75 Å². The van der Waals surface area contributed by atoms with E-state index in [0.29, 0.717) is 44.4 Å². The van der Waals surface area contributed by atoms with Gasteiger partial charge in [-0.3, -0.25) is 14.4 Å². The molecule has 12 heteroatoms. The molecule has 0 bridgehead atoms. The fourth-order valence-electron chi connectivity index (χ4n) is 9.18. The Morgan fingerprint density at radius 3 is 2.51 bits per heavy atom. The van der Waals surface area contributed by atoms with Gasteiger partial charge in [-0.05, 0) is 111 Å². The van der Waals surface area contributed by atoms with Gasteiger partial charge in [0.1, 0.15) is 17.9 Å². The fourth-order valence-corrected chi connectivity index (χ4v) is 9.41. The highest BCUT2D eigenvalue weighted by Gasteiger charge is 2.53. The molecule has 1 aromatic carbocycles. The van der Waals surface area contributed by atoms with Gasteiger partial charge in [-0.1, -0.05) is 64.5 Å². The number of thiol groups is 1. The number of nitrogens with two attached hydrogens (primary N) is 1. The summed E-state index contributed by atoms with van der Waals surface area (Å²) in [5.41, 5.74) is 7.92. The molecule has 3 aliphatic carbocycles. The first kappa shape index (κ1) is 42.9. The summed E-state index contributed by atoms with van der Waals surface area (Å²) in [4.78, 5) is 51.5. The van der Waals surface area contributed by atoms with E-state index in [2.05, 4.69) is 43.2 Å². The molecule has 0 aliphatic heterocycles. The van der Waals surface area contributed by atoms with Crippen molar-refractivity contribution in [1.82, 2.24) is 10.6 Å². The smallest absolute Gasteiger partial charge is 0.341 e. The molecule has 0 spiro atoms. The zero-order valence-corrected chi connectivity index (χ0v) is 32.9. The molecule has 11 nitrogen and oxygen atoms in total. The van der Waals surface area contributed by atoms with Crippen molar-refractivity contribution in [3.05, 3.63) is 29.3 Å². The van der Waals surface area contributed by atoms with Gasteiger partial charge in [-0.15, -0.1) is 0 Å². The minimum atomic E-state index is -1.02. The highest BCUT2D eigenvalue weighted by Crippen LogP contribution is 2.56. The van der Waals surface area contributed by atoms with Crippen molar-refractivity contribution in [2.75, 3.05) is 25.4 Å². The van der Waals surface area contributed by atoms with Gasteiger partial charge in [0.25, 0.3) is 0 Å². The largest absolute Gasteiger partial charge is 0.482 e. The number of carbonyl (C=O) groups excluding carboxylic acids is 3. The molecule has 4 rings (SSSR count). The van der Waals surface area contributed by atoms with Crippen LogP contribution >= 0.6 is 12.6 Å². The highest BCUT2D eigenvalue weighted by atomic mass is 32.1. The standard InChI is InChI=1S/C41H65N3O8S/c1-3-4-7-14-29(18-19-33-35(45)23-28-22-32-27(24-41(28,33)2)13-12-17-36(32)51-26-37(46)47)52-40(50)31-16-9-8-15-30(31)38(48)44-34(25-42)39(49)43-20-10-5-6-11-21-53/h12-13,17,28-31,33-35,45,53H,3-11,14-16,18-26,42H2,1-2H3,(H,43,49)(H,44,48)(H,46,47)/t28?,29-,30-,31+,33-,34?,35+,41-/m0/s1. The number of esters is 1. The molecular formula is C41H65N3O8S. The number of aliphatic carboxylic acids is 1. The van der Waals surface area contributed by atoms with Gasteiger partial charge < -0.3 is 36.1 Å². The third-order valence-corrected chi connectivity index (χ3v) is 12.6. The van der Waals surface area contributed by atoms with Crippen molar-refractivity contribution < 1.29 is 38.9 Å². The maximum Gasteiger partial charge on any atom is 0.341 e. The van der Waals surface area contributed by atoms with Gasteiger partial charge in [0.2, 0.25) is 11.8 Å². The van der Waals surface area contributed by atoms with Crippen LogP contribution in [0.1, 0.15) is 121 Å². The SMILES string of the molecule is CCCCC[C@@H](CC[C@H]1[C@H](O)CC2Cc3c(cccc3OCC(=O)O)C[C@@]21C)OC(=O)[C@@H]1CCCC[C@@H]1C(=O)NC(CN)C(=O)NCCCCCCS. The number of fused-ring (bicyclic) bond motifs is 2. The Labute approximate surface area is 321 Å². The highest BCUT2D eigenvalue weighted by molar-refractivity contribution is 7.80. The molecule has 1 aromatic rings. The molecule has 2 saturated carbocycles. The second-order valence-corrected chi connectivity index (χ2v) is 16.4. The van der Waals surface area contributed by atoms with Crippen LogP contribution in [0.25, 0.3) is 0 Å². The van der Waals surface area contributed by atoms with E-state index in [1.54, 1.807) is 0 Å². The molecule has 8 atom stereocenters. The van der Waals surface area contributed by atoms with Gasteiger partial charge in [0.15, 0.2) is 6.61 Å². The zero-order valence-electron chi connectivity index (χ0n) is 32.0. The number of ether oxygens (including phenoxy) is 2. The number of aliphatic hydroxyl groups is 1. The van der Waals surface area contributed by atoms with E-state index in [0.717, 1.165) is 93.9 Å². The Hall–Kier alpha value is -2.83. The number of unbranched alkanes of at least 4 members (excludes halogenated alkanes) is 5. The first-order valence-electron chi connectivity index (χ1n) is 20.2. The van der Waals surface area contributed by atoms with E-state index >= 15 is 0 Å². The normalized spacial score (nSPS) is 26.1. The quantitative estimate of drug-likeness (QED) is 0.0515. The van der Waals surface area contributed by atoms with E-state index < -0.39 is 36.6 Å². The van der Waals surface area contributed by atoms with Crippen molar-refractivity contribution in [2.24, 2.45) is 34.8 Å². The zero-order chi connectivity index (χ0) is 38.4. The molecule has 0 radical (unpaired) electrons. The van der Waals surface area contributed by atoms with Gasteiger partial charge in [0.05, 0.1) is 17.9 Å². The van der Waals surface area contributed by atoms with Gasteiger partial charge in [0, 0.05) is 13.1 Å². The maximum atomic E-state index is 13.9. The molecule has 0 saturated heterocycles. The predicted octanol–water partition coefficient (Wildman–Crippen LogP) is 5.38. The average molecular weight is 760 g/mol. The van der Waals surface area contributed by atoms with Crippen LogP contribution < -0.4 is 21.1 Å². The summed E-state index contributed by atoms with van der Waals surface area (Å²) in [5, 5.41) is 26.3. The number of carbonyl (C=O) groups is 4. The van der Waals surface area contributed by atoms with E-state index in [-0.39, 0.29) is 47.7 Å². The van der Waals surface area contributed by atoms with Crippen LogP contribution in [0.4, 0.5) is 0 Å². The van der Waals surface area contributed by atoms with Crippen molar-refractivity contribution >= 4 is 36.4 Å². The molecule has 2 fully saturated rings. The lowest BCUT2D eigenvalue weighted by molar-refractivity contribution is -0.161. The lowest BCUT2D eigenvalue weighted by Gasteiger charge is -2.42. The minimum absolute atomic E-state index is 0.0113. The number of carboxylic acids is 1. The Bertz CT molecular complexity index is 1360. The lowest BCUT2D eigenvalue weighted by atomic mass is 9.62. The fraction of sp³-hybridized carbons (Fsp3) is 0.756. The number of hydrogen-bond acceptors (Lipinski definition) is 9. The summed E-state index contributed by atoms with van der Waals surface area (Å²) in [5.74, 6) is -1.48. The predicted molar refractivity (Wildman–Crippen MR) is 208 cm³/mol. The van der Waals surface area contributed by atoms with E-state index in [9.17, 15) is 24.3 Å². The summed E-state index contributed by atoms with van der Waals surface area (Å²) >= 11 is 4.23. The van der Waals surface area contributed by atoms with Gasteiger partial charge in [-0.2, -0.15) is 12.6 Å². The van der Waals surface area contributed by atoms with Crippen molar-refractivity contribution in [3.63, 3.8) is 0 Å². The number of benzene rings is 1. The van der Waals surface area contributed by atoms with Gasteiger partial charge >= 0.3 is 11.9 Å². The summed E-state index contributed by atoms with van der Waals surface area (Å²) in [7, 11) is 0. The number of aliphatic hydroxyl groups excluding tert-OH is 1. The topological polar surface area (TPSA) is 177 Å². The van der Waals surface area contributed by atoms with Crippen LogP contribution in [0.3, 0.4) is 0 Å². The van der Waals surface area contributed by atoms with Crippen LogP contribution in [0.2, 0.25) is 0 Å². The third-order valence-electron chi connectivity index (χ3n) is 12.2. The maximum absolute atomic E-state index is 13.9. The van der Waals surface area contributed by atoms with E-state index in [4.69, 9.17) is 20.3 Å². The van der Waals surface area contributed by atoms with Crippen LogP contribution in [-0.4, -0.2) is 77.7 Å². The molecule has 53 heavy (non-hydrogen) atoms. The summed E-state index contributed by atoms with van der Waals surface area (Å²) in [6.07, 6.45) is 13.1. The number of carboxylic acid groups (broad SMARTS) is 1. The molecule has 2 unspecified atom stereocenters. The summed E-state index contributed by atoms with van der Waals surface area (Å²) in [6.45, 7) is 4.50. The number of amides is 2. The van der Waals surface area contributed by atoms with Crippen LogP contribution in [0, 0.1) is 29.1 Å². The molecule has 3 aliphatic rings.